The Morgan fingerprint density at radius 1 is 1.26 bits per heavy atom. The molecular formula is C19H22ClFO5S. The van der Waals surface area contributed by atoms with Crippen LogP contribution >= 0.6 is 22.9 Å². The third-order valence-corrected chi connectivity index (χ3v) is 5.43. The number of hydrogen-bond donors (Lipinski definition) is 0. The van der Waals surface area contributed by atoms with E-state index in [1.807, 2.05) is 0 Å². The van der Waals surface area contributed by atoms with E-state index < -0.39 is 17.2 Å². The summed E-state index contributed by atoms with van der Waals surface area (Å²) in [6.07, 6.45) is 0.530. The minimum absolute atomic E-state index is 0.00167. The summed E-state index contributed by atoms with van der Waals surface area (Å²) in [7, 11) is 2.70. The van der Waals surface area contributed by atoms with Crippen molar-refractivity contribution in [3.05, 3.63) is 22.8 Å². The summed E-state index contributed by atoms with van der Waals surface area (Å²) < 4.78 is 30.9. The number of Topliss-reactive ketones (excluding diaryl/α,β-unsaturated/α-hetero) is 1. The van der Waals surface area contributed by atoms with Gasteiger partial charge < -0.3 is 14.2 Å². The Labute approximate surface area is 166 Å². The summed E-state index contributed by atoms with van der Waals surface area (Å²) in [5, 5.41) is 0.279. The highest BCUT2D eigenvalue weighted by atomic mass is 35.5. The second-order valence-corrected chi connectivity index (χ2v) is 8.07. The first-order valence-corrected chi connectivity index (χ1v) is 9.70. The molecule has 0 saturated carbocycles. The van der Waals surface area contributed by atoms with Gasteiger partial charge in [-0.2, -0.15) is 0 Å². The average Bonchev–Trinajstić information content (AvgIpc) is 3.07. The number of halogens is 2. The maximum atomic E-state index is 14.9. The van der Waals surface area contributed by atoms with Crippen LogP contribution in [0.1, 0.15) is 36.4 Å². The molecule has 0 aliphatic carbocycles. The normalized spacial score (nSPS) is 11.5. The second-order valence-electron chi connectivity index (χ2n) is 6.61. The van der Waals surface area contributed by atoms with Crippen molar-refractivity contribution in [1.82, 2.24) is 0 Å². The van der Waals surface area contributed by atoms with Crippen molar-refractivity contribution in [2.24, 2.45) is 5.41 Å². The minimum Gasteiger partial charge on any atom is -0.493 e. The summed E-state index contributed by atoms with van der Waals surface area (Å²) in [4.78, 5) is 24.8. The number of rotatable bonds is 9. The number of hydrogen-bond acceptors (Lipinski definition) is 6. The molecule has 1 aromatic heterocycles. The predicted molar refractivity (Wildman–Crippen MR) is 104 cm³/mol. The molecule has 0 aliphatic rings. The molecule has 0 unspecified atom stereocenters. The quantitative estimate of drug-likeness (QED) is 0.253. The Balaban J connectivity index is 2.37. The summed E-state index contributed by atoms with van der Waals surface area (Å²) in [6, 6.07) is 3.13. The molecule has 2 aromatic rings. The topological polar surface area (TPSA) is 61.8 Å². The van der Waals surface area contributed by atoms with Crippen LogP contribution in [0, 0.1) is 11.2 Å². The number of methoxy groups -OCH3 is 2. The molecule has 8 heteroatoms. The van der Waals surface area contributed by atoms with Crippen LogP contribution in [0.3, 0.4) is 0 Å². The molecule has 0 saturated heterocycles. The van der Waals surface area contributed by atoms with Crippen LogP contribution in [0.2, 0.25) is 0 Å². The van der Waals surface area contributed by atoms with Crippen LogP contribution in [-0.2, 0) is 9.53 Å². The Morgan fingerprint density at radius 2 is 1.96 bits per heavy atom. The lowest BCUT2D eigenvalue weighted by molar-refractivity contribution is -0.150. The van der Waals surface area contributed by atoms with Gasteiger partial charge in [0.2, 0.25) is 0 Å². The summed E-state index contributed by atoms with van der Waals surface area (Å²) in [5.41, 5.74) is -0.964. The molecule has 0 spiro atoms. The minimum atomic E-state index is -0.964. The summed E-state index contributed by atoms with van der Waals surface area (Å²) in [6.45, 7) is 3.53. The van der Waals surface area contributed by atoms with Crippen LogP contribution in [0.4, 0.5) is 4.39 Å². The van der Waals surface area contributed by atoms with E-state index in [1.165, 1.54) is 20.3 Å². The molecule has 0 amide bonds. The van der Waals surface area contributed by atoms with E-state index in [2.05, 4.69) is 0 Å². The zero-order chi connectivity index (χ0) is 20.2. The fourth-order valence-electron chi connectivity index (χ4n) is 2.59. The lowest BCUT2D eigenvalue weighted by Gasteiger charge is -2.19. The number of thiophene rings is 1. The van der Waals surface area contributed by atoms with Gasteiger partial charge in [-0.15, -0.1) is 22.9 Å². The average molecular weight is 417 g/mol. The molecule has 1 aromatic carbocycles. The Morgan fingerprint density at radius 3 is 2.56 bits per heavy atom. The highest BCUT2D eigenvalue weighted by Gasteiger charge is 2.32. The number of ketones is 1. The van der Waals surface area contributed by atoms with E-state index in [4.69, 9.17) is 25.8 Å². The zero-order valence-electron chi connectivity index (χ0n) is 15.7. The van der Waals surface area contributed by atoms with Gasteiger partial charge in [0.25, 0.3) is 0 Å². The smallest absolute Gasteiger partial charge is 0.311 e. The number of benzene rings is 1. The summed E-state index contributed by atoms with van der Waals surface area (Å²) >= 11 is 6.77. The molecule has 0 bridgehead atoms. The van der Waals surface area contributed by atoms with Crippen LogP contribution in [0.5, 0.6) is 11.5 Å². The van der Waals surface area contributed by atoms with Crippen molar-refractivity contribution >= 4 is 44.8 Å². The lowest BCUT2D eigenvalue weighted by atomic mass is 9.87. The standard InChI is InChI=1S/C19H22ClFO5S/c1-19(2,18(23)25-4)10-12(22)15-8-11-14(27-15)9-13(24-3)17(16(11)21)26-7-5-6-20/h8-9H,5-7,10H2,1-4H3. The molecule has 0 radical (unpaired) electrons. The van der Waals surface area contributed by atoms with Gasteiger partial charge in [0.05, 0.1) is 31.1 Å². The van der Waals surface area contributed by atoms with Gasteiger partial charge in [0.1, 0.15) is 0 Å². The van der Waals surface area contributed by atoms with Crippen molar-refractivity contribution < 1.29 is 28.2 Å². The molecule has 27 heavy (non-hydrogen) atoms. The van der Waals surface area contributed by atoms with Gasteiger partial charge in [-0.05, 0) is 26.3 Å². The van der Waals surface area contributed by atoms with Gasteiger partial charge in [0, 0.05) is 28.5 Å². The van der Waals surface area contributed by atoms with Gasteiger partial charge in [-0.25, -0.2) is 4.39 Å². The molecule has 0 aliphatic heterocycles. The Bertz CT molecular complexity index is 846. The largest absolute Gasteiger partial charge is 0.493 e. The molecule has 2 rings (SSSR count). The van der Waals surface area contributed by atoms with Crippen molar-refractivity contribution in [3.8, 4) is 11.5 Å². The van der Waals surface area contributed by atoms with E-state index in [1.54, 1.807) is 19.9 Å². The molecule has 1 heterocycles. The summed E-state index contributed by atoms with van der Waals surface area (Å²) in [5.74, 6) is -0.651. The van der Waals surface area contributed by atoms with E-state index >= 15 is 0 Å². The fourth-order valence-corrected chi connectivity index (χ4v) is 3.72. The first kappa shape index (κ1) is 21.4. The molecule has 0 fully saturated rings. The van der Waals surface area contributed by atoms with Gasteiger partial charge >= 0.3 is 5.97 Å². The van der Waals surface area contributed by atoms with E-state index in [0.29, 0.717) is 21.9 Å². The van der Waals surface area contributed by atoms with Crippen molar-refractivity contribution in [2.75, 3.05) is 26.7 Å². The first-order valence-electron chi connectivity index (χ1n) is 8.35. The van der Waals surface area contributed by atoms with Gasteiger partial charge in [0.15, 0.2) is 23.1 Å². The van der Waals surface area contributed by atoms with Crippen LogP contribution in [-0.4, -0.2) is 38.5 Å². The predicted octanol–water partition coefficient (Wildman–Crippen LogP) is 4.83. The SMILES string of the molecule is COC(=O)C(C)(C)CC(=O)c1cc2c(F)c(OCCCCl)c(OC)cc2s1. The molecule has 0 N–H and O–H groups in total. The van der Waals surface area contributed by atoms with E-state index in [-0.39, 0.29) is 35.7 Å². The Kier molecular flexibility index (Phi) is 7.06. The third kappa shape index (κ3) is 4.71. The lowest BCUT2D eigenvalue weighted by Crippen LogP contribution is -2.28. The number of carbonyl (C=O) groups excluding carboxylic acids is 2. The van der Waals surface area contributed by atoms with Gasteiger partial charge in [-0.1, -0.05) is 0 Å². The number of ether oxygens (including phenoxy) is 3. The Hall–Kier alpha value is -1.86. The maximum absolute atomic E-state index is 14.9. The fraction of sp³-hybridized carbons (Fsp3) is 0.474. The highest BCUT2D eigenvalue weighted by molar-refractivity contribution is 7.20. The first-order chi connectivity index (χ1) is 12.7. The van der Waals surface area contributed by atoms with Crippen LogP contribution in [0.25, 0.3) is 10.1 Å². The molecule has 0 atom stereocenters. The maximum Gasteiger partial charge on any atom is 0.311 e. The molecule has 148 valence electrons. The molecular weight excluding hydrogens is 395 g/mol. The highest BCUT2D eigenvalue weighted by Crippen LogP contribution is 2.40. The van der Waals surface area contributed by atoms with Crippen LogP contribution < -0.4 is 9.47 Å². The second kappa shape index (κ2) is 8.89. The van der Waals surface area contributed by atoms with Crippen molar-refractivity contribution in [1.29, 1.82) is 0 Å². The monoisotopic (exact) mass is 416 g/mol. The number of alkyl halides is 1. The number of carbonyl (C=O) groups is 2. The van der Waals surface area contributed by atoms with E-state index in [0.717, 1.165) is 11.3 Å². The van der Waals surface area contributed by atoms with Crippen LogP contribution in [0.15, 0.2) is 12.1 Å². The zero-order valence-corrected chi connectivity index (χ0v) is 17.3. The van der Waals surface area contributed by atoms with Gasteiger partial charge in [-0.3, -0.25) is 9.59 Å². The van der Waals surface area contributed by atoms with E-state index in [9.17, 15) is 14.0 Å². The third-order valence-electron chi connectivity index (χ3n) is 4.04. The van der Waals surface area contributed by atoms with Crippen molar-refractivity contribution in [3.63, 3.8) is 0 Å². The van der Waals surface area contributed by atoms with Crippen molar-refractivity contribution in [2.45, 2.75) is 26.7 Å². The number of esters is 1. The number of fused-ring (bicyclic) bond motifs is 1. The molecule has 5 nitrogen and oxygen atoms in total.